The SMILES string of the molecule is COc1c(N)cc(C2=CC=NC2=O)cc1C(C)(C)C. The van der Waals surface area contributed by atoms with Gasteiger partial charge in [-0.25, -0.2) is 4.99 Å². The highest BCUT2D eigenvalue weighted by Crippen LogP contribution is 2.38. The molecule has 4 nitrogen and oxygen atoms in total. The lowest BCUT2D eigenvalue weighted by Gasteiger charge is -2.24. The molecule has 100 valence electrons. The molecule has 19 heavy (non-hydrogen) atoms. The van der Waals surface area contributed by atoms with E-state index in [-0.39, 0.29) is 11.3 Å². The van der Waals surface area contributed by atoms with Gasteiger partial charge in [0.25, 0.3) is 5.91 Å². The Labute approximate surface area is 113 Å². The number of allylic oxidation sites excluding steroid dienone is 1. The maximum absolute atomic E-state index is 11.7. The van der Waals surface area contributed by atoms with E-state index in [4.69, 9.17) is 10.5 Å². The first-order chi connectivity index (χ1) is 8.84. The monoisotopic (exact) mass is 258 g/mol. The summed E-state index contributed by atoms with van der Waals surface area (Å²) in [7, 11) is 1.60. The number of nitrogens with zero attached hydrogens (tertiary/aromatic N) is 1. The maximum Gasteiger partial charge on any atom is 0.277 e. The lowest BCUT2D eigenvalue weighted by atomic mass is 9.84. The summed E-state index contributed by atoms with van der Waals surface area (Å²) in [6.07, 6.45) is 3.21. The molecule has 0 fully saturated rings. The summed E-state index contributed by atoms with van der Waals surface area (Å²) in [6.45, 7) is 6.24. The zero-order valence-corrected chi connectivity index (χ0v) is 11.7. The topological polar surface area (TPSA) is 64.7 Å². The molecule has 1 heterocycles. The Bertz CT molecular complexity index is 593. The minimum atomic E-state index is -0.232. The molecular formula is C15H18N2O2. The summed E-state index contributed by atoms with van der Waals surface area (Å²) in [6, 6.07) is 3.71. The number of amides is 1. The molecular weight excluding hydrogens is 240 g/mol. The smallest absolute Gasteiger partial charge is 0.277 e. The van der Waals surface area contributed by atoms with Gasteiger partial charge < -0.3 is 10.5 Å². The third kappa shape index (κ3) is 2.38. The molecule has 0 radical (unpaired) electrons. The molecule has 0 saturated carbocycles. The summed E-state index contributed by atoms with van der Waals surface area (Å²) in [5, 5.41) is 0. The molecule has 4 heteroatoms. The number of nitrogen functional groups attached to an aromatic ring is 1. The number of hydrogen-bond acceptors (Lipinski definition) is 3. The van der Waals surface area contributed by atoms with Gasteiger partial charge >= 0.3 is 0 Å². The number of carbonyl (C=O) groups is 1. The Morgan fingerprint density at radius 2 is 1.95 bits per heavy atom. The summed E-state index contributed by atoms with van der Waals surface area (Å²) in [5.41, 5.74) is 8.77. The quantitative estimate of drug-likeness (QED) is 0.829. The van der Waals surface area contributed by atoms with Crippen LogP contribution in [0.25, 0.3) is 5.57 Å². The second-order valence-electron chi connectivity index (χ2n) is 5.56. The van der Waals surface area contributed by atoms with Gasteiger partial charge in [-0.05, 0) is 29.2 Å². The van der Waals surface area contributed by atoms with Gasteiger partial charge in [0.05, 0.1) is 18.4 Å². The normalized spacial score (nSPS) is 14.7. The fourth-order valence-corrected chi connectivity index (χ4v) is 2.13. The third-order valence-electron chi connectivity index (χ3n) is 3.10. The number of anilines is 1. The standard InChI is InChI=1S/C15H18N2O2/c1-15(2,3)11-7-9(8-12(16)13(11)19-4)10-5-6-17-14(10)18/h5-8H,16H2,1-4H3. The van der Waals surface area contributed by atoms with Gasteiger partial charge in [0.15, 0.2) is 0 Å². The Kier molecular flexibility index (Phi) is 3.18. The lowest BCUT2D eigenvalue weighted by Crippen LogP contribution is -2.15. The second kappa shape index (κ2) is 4.53. The van der Waals surface area contributed by atoms with Gasteiger partial charge in [-0.1, -0.05) is 20.8 Å². The van der Waals surface area contributed by atoms with Gasteiger partial charge in [-0.15, -0.1) is 0 Å². The van der Waals surface area contributed by atoms with Gasteiger partial charge in [0.1, 0.15) is 5.75 Å². The van der Waals surface area contributed by atoms with Crippen LogP contribution in [0.4, 0.5) is 5.69 Å². The average molecular weight is 258 g/mol. The molecule has 0 spiro atoms. The van der Waals surface area contributed by atoms with Gasteiger partial charge in [0, 0.05) is 11.8 Å². The number of methoxy groups -OCH3 is 1. The van der Waals surface area contributed by atoms with E-state index < -0.39 is 0 Å². The number of hydrogen-bond donors (Lipinski definition) is 1. The van der Waals surface area contributed by atoms with Crippen LogP contribution in [0.15, 0.2) is 23.2 Å². The van der Waals surface area contributed by atoms with Crippen molar-refractivity contribution < 1.29 is 9.53 Å². The van der Waals surface area contributed by atoms with E-state index in [2.05, 4.69) is 25.8 Å². The molecule has 2 N–H and O–H groups in total. The Balaban J connectivity index is 2.61. The second-order valence-corrected chi connectivity index (χ2v) is 5.56. The molecule has 0 bridgehead atoms. The van der Waals surface area contributed by atoms with Crippen molar-refractivity contribution >= 4 is 23.4 Å². The molecule has 1 aromatic carbocycles. The minimum absolute atomic E-state index is 0.126. The van der Waals surface area contributed by atoms with E-state index >= 15 is 0 Å². The van der Waals surface area contributed by atoms with Crippen LogP contribution < -0.4 is 10.5 Å². The maximum atomic E-state index is 11.7. The van der Waals surface area contributed by atoms with Gasteiger partial charge in [0.2, 0.25) is 0 Å². The molecule has 1 aromatic rings. The fraction of sp³-hybridized carbons (Fsp3) is 0.333. The summed E-state index contributed by atoms with van der Waals surface area (Å²) in [5.74, 6) is 0.438. The molecule has 1 aliphatic rings. The number of rotatable bonds is 2. The molecule has 0 aromatic heterocycles. The van der Waals surface area contributed by atoms with Crippen LogP contribution in [0.2, 0.25) is 0 Å². The van der Waals surface area contributed by atoms with Crippen molar-refractivity contribution in [2.45, 2.75) is 26.2 Å². The Hall–Kier alpha value is -2.10. The van der Waals surface area contributed by atoms with Gasteiger partial charge in [-0.2, -0.15) is 0 Å². The molecule has 0 atom stereocenters. The first-order valence-corrected chi connectivity index (χ1v) is 6.11. The Morgan fingerprint density at radius 3 is 2.42 bits per heavy atom. The fourth-order valence-electron chi connectivity index (χ4n) is 2.13. The zero-order chi connectivity index (χ0) is 14.2. The van der Waals surface area contributed by atoms with Crippen LogP contribution in [-0.4, -0.2) is 19.2 Å². The van der Waals surface area contributed by atoms with Crippen LogP contribution in [0, 0.1) is 0 Å². The predicted molar refractivity (Wildman–Crippen MR) is 77.6 cm³/mol. The molecule has 0 saturated heterocycles. The van der Waals surface area contributed by atoms with E-state index in [1.807, 2.05) is 6.07 Å². The van der Waals surface area contributed by atoms with Crippen molar-refractivity contribution in [2.24, 2.45) is 4.99 Å². The summed E-state index contributed by atoms with van der Waals surface area (Å²) < 4.78 is 5.39. The van der Waals surface area contributed by atoms with E-state index in [0.29, 0.717) is 17.0 Å². The largest absolute Gasteiger partial charge is 0.494 e. The molecule has 1 aliphatic heterocycles. The van der Waals surface area contributed by atoms with Crippen LogP contribution >= 0.6 is 0 Å². The van der Waals surface area contributed by atoms with Crippen molar-refractivity contribution in [2.75, 3.05) is 12.8 Å². The Morgan fingerprint density at radius 1 is 1.26 bits per heavy atom. The van der Waals surface area contributed by atoms with E-state index in [1.165, 1.54) is 6.21 Å². The third-order valence-corrected chi connectivity index (χ3v) is 3.10. The predicted octanol–water partition coefficient (Wildman–Crippen LogP) is 2.57. The van der Waals surface area contributed by atoms with Crippen molar-refractivity contribution in [3.63, 3.8) is 0 Å². The average Bonchev–Trinajstić information content (AvgIpc) is 2.73. The molecule has 0 aliphatic carbocycles. The van der Waals surface area contributed by atoms with Crippen LogP contribution in [0.5, 0.6) is 5.75 Å². The van der Waals surface area contributed by atoms with Crippen LogP contribution in [-0.2, 0) is 10.2 Å². The first-order valence-electron chi connectivity index (χ1n) is 6.11. The van der Waals surface area contributed by atoms with Crippen molar-refractivity contribution in [3.05, 3.63) is 29.3 Å². The van der Waals surface area contributed by atoms with Crippen molar-refractivity contribution in [1.82, 2.24) is 0 Å². The molecule has 0 unspecified atom stereocenters. The number of carbonyl (C=O) groups excluding carboxylic acids is 1. The van der Waals surface area contributed by atoms with Crippen LogP contribution in [0.3, 0.4) is 0 Å². The lowest BCUT2D eigenvalue weighted by molar-refractivity contribution is -0.112. The number of benzene rings is 1. The molecule has 2 rings (SSSR count). The van der Waals surface area contributed by atoms with E-state index in [9.17, 15) is 4.79 Å². The van der Waals surface area contributed by atoms with E-state index in [0.717, 1.165) is 11.1 Å². The van der Waals surface area contributed by atoms with Gasteiger partial charge in [-0.3, -0.25) is 4.79 Å². The minimum Gasteiger partial charge on any atom is -0.494 e. The zero-order valence-electron chi connectivity index (χ0n) is 11.7. The summed E-state index contributed by atoms with van der Waals surface area (Å²) >= 11 is 0. The highest BCUT2D eigenvalue weighted by molar-refractivity contribution is 6.28. The number of ether oxygens (including phenoxy) is 1. The number of aliphatic imine (C=N–C) groups is 1. The highest BCUT2D eigenvalue weighted by atomic mass is 16.5. The highest BCUT2D eigenvalue weighted by Gasteiger charge is 2.24. The van der Waals surface area contributed by atoms with Crippen LogP contribution in [0.1, 0.15) is 31.9 Å². The summed E-state index contributed by atoms with van der Waals surface area (Å²) in [4.78, 5) is 15.4. The molecule has 1 amide bonds. The van der Waals surface area contributed by atoms with E-state index in [1.54, 1.807) is 19.3 Å². The first kappa shape index (κ1) is 13.3. The van der Waals surface area contributed by atoms with Crippen molar-refractivity contribution in [3.8, 4) is 5.75 Å². The van der Waals surface area contributed by atoms with Crippen molar-refractivity contribution in [1.29, 1.82) is 0 Å². The number of nitrogens with two attached hydrogens (primary N) is 1.